The summed E-state index contributed by atoms with van der Waals surface area (Å²) in [6.07, 6.45) is 1.47. The largest absolute Gasteiger partial charge is 0.450 e. The molecule has 3 N–H and O–H groups in total. The van der Waals surface area contributed by atoms with E-state index in [1.54, 1.807) is 4.90 Å². The first-order valence-corrected chi connectivity index (χ1v) is 8.63. The summed E-state index contributed by atoms with van der Waals surface area (Å²) in [5, 5.41) is 3.27. The van der Waals surface area contributed by atoms with Crippen LogP contribution in [0, 0.1) is 0 Å². The maximum absolute atomic E-state index is 11.7. The highest BCUT2D eigenvalue weighted by Crippen LogP contribution is 2.15. The molecule has 1 aromatic carbocycles. The topological polar surface area (TPSA) is 80.0 Å². The first kappa shape index (κ1) is 18.1. The molecule has 1 amide bonds. The van der Waals surface area contributed by atoms with Crippen LogP contribution in [0.4, 0.5) is 4.79 Å². The summed E-state index contributed by atoms with van der Waals surface area (Å²) < 4.78 is 5.02. The number of nitrogens with two attached hydrogens (primary N) is 1. The molecule has 0 bridgehead atoms. The number of nitrogens with zero attached hydrogens (tertiary/aromatic N) is 2. The summed E-state index contributed by atoms with van der Waals surface area (Å²) in [6.45, 7) is 6.40. The molecule has 1 aromatic rings. The summed E-state index contributed by atoms with van der Waals surface area (Å²) in [7, 11) is 0. The third kappa shape index (κ3) is 5.44. The Balaban J connectivity index is 1.75. The predicted octanol–water partition coefficient (Wildman–Crippen LogP) is 2.32. The first-order chi connectivity index (χ1) is 11.6. The van der Waals surface area contributed by atoms with Crippen LogP contribution in [0.1, 0.15) is 38.2 Å². The molecule has 1 saturated heterocycles. The van der Waals surface area contributed by atoms with E-state index in [-0.39, 0.29) is 12.1 Å². The number of piperidine rings is 1. The smallest absolute Gasteiger partial charge is 0.409 e. The number of amides is 1. The Morgan fingerprint density at radius 3 is 2.67 bits per heavy atom. The minimum atomic E-state index is -0.228. The van der Waals surface area contributed by atoms with Gasteiger partial charge in [-0.25, -0.2) is 4.79 Å². The molecule has 1 atom stereocenters. The zero-order chi connectivity index (χ0) is 17.4. The lowest BCUT2D eigenvalue weighted by molar-refractivity contribution is 0.0963. The van der Waals surface area contributed by atoms with Crippen LogP contribution in [0.5, 0.6) is 0 Å². The zero-order valence-electron chi connectivity index (χ0n) is 14.6. The van der Waals surface area contributed by atoms with Crippen LogP contribution in [0.3, 0.4) is 0 Å². The van der Waals surface area contributed by atoms with E-state index in [0.717, 1.165) is 12.8 Å². The van der Waals surface area contributed by atoms with Crippen LogP contribution in [0.25, 0.3) is 0 Å². The molecule has 6 nitrogen and oxygen atoms in total. The second-order valence-corrected chi connectivity index (χ2v) is 6.14. The number of carbonyl (C=O) groups is 1. The molecule has 0 unspecified atom stereocenters. The van der Waals surface area contributed by atoms with Crippen molar-refractivity contribution < 1.29 is 9.53 Å². The van der Waals surface area contributed by atoms with Gasteiger partial charge >= 0.3 is 6.09 Å². The number of likely N-dealkylation sites (tertiary alicyclic amines) is 1. The van der Waals surface area contributed by atoms with Gasteiger partial charge in [0.2, 0.25) is 0 Å². The highest BCUT2D eigenvalue weighted by Gasteiger charge is 2.23. The molecule has 0 spiro atoms. The summed E-state index contributed by atoms with van der Waals surface area (Å²) in [6, 6.07) is 10.6. The van der Waals surface area contributed by atoms with Crippen molar-refractivity contribution in [1.29, 1.82) is 0 Å². The highest BCUT2D eigenvalue weighted by molar-refractivity contribution is 5.78. The van der Waals surface area contributed by atoms with Crippen LogP contribution in [-0.2, 0) is 4.74 Å². The third-order valence-electron chi connectivity index (χ3n) is 4.28. The fourth-order valence-corrected chi connectivity index (χ4v) is 2.80. The van der Waals surface area contributed by atoms with Gasteiger partial charge in [-0.05, 0) is 25.3 Å². The lowest BCUT2D eigenvalue weighted by Crippen LogP contribution is -2.48. The molecule has 1 aliphatic rings. The number of ether oxygens (including phenoxy) is 1. The molecule has 1 fully saturated rings. The number of nitrogens with one attached hydrogen (secondary N) is 1. The van der Waals surface area contributed by atoms with Crippen molar-refractivity contribution in [2.75, 3.05) is 26.2 Å². The zero-order valence-corrected chi connectivity index (χ0v) is 14.6. The van der Waals surface area contributed by atoms with Crippen molar-refractivity contribution in [2.45, 2.75) is 38.6 Å². The van der Waals surface area contributed by atoms with Gasteiger partial charge in [0, 0.05) is 31.6 Å². The number of aliphatic imine (C=N–C) groups is 1. The Labute approximate surface area is 144 Å². The van der Waals surface area contributed by atoms with Gasteiger partial charge in [-0.15, -0.1) is 0 Å². The van der Waals surface area contributed by atoms with Crippen molar-refractivity contribution in [3.63, 3.8) is 0 Å². The Kier molecular flexibility index (Phi) is 6.90. The SMILES string of the molecule is CCOC(=O)N1CCC(NC(N)=NC[C@H](C)c2ccccc2)CC1. The van der Waals surface area contributed by atoms with E-state index in [1.807, 2.05) is 25.1 Å². The summed E-state index contributed by atoms with van der Waals surface area (Å²) >= 11 is 0. The van der Waals surface area contributed by atoms with Crippen molar-refractivity contribution in [2.24, 2.45) is 10.7 Å². The van der Waals surface area contributed by atoms with Crippen molar-refractivity contribution in [3.8, 4) is 0 Å². The number of benzene rings is 1. The van der Waals surface area contributed by atoms with Crippen LogP contribution in [-0.4, -0.2) is 49.2 Å². The fraction of sp³-hybridized carbons (Fsp3) is 0.556. The number of hydrogen-bond acceptors (Lipinski definition) is 3. The van der Waals surface area contributed by atoms with E-state index in [1.165, 1.54) is 5.56 Å². The number of rotatable bonds is 5. The van der Waals surface area contributed by atoms with E-state index in [9.17, 15) is 4.79 Å². The minimum Gasteiger partial charge on any atom is -0.450 e. The van der Waals surface area contributed by atoms with Crippen LogP contribution in [0.2, 0.25) is 0 Å². The molecular weight excluding hydrogens is 304 g/mol. The molecule has 6 heteroatoms. The van der Waals surface area contributed by atoms with Gasteiger partial charge in [0.25, 0.3) is 0 Å². The normalized spacial score (nSPS) is 17.4. The molecule has 0 aromatic heterocycles. The molecule has 2 rings (SSSR count). The molecule has 0 saturated carbocycles. The van der Waals surface area contributed by atoms with Gasteiger partial charge in [0.05, 0.1) is 6.61 Å². The van der Waals surface area contributed by atoms with E-state index in [0.29, 0.717) is 38.1 Å². The van der Waals surface area contributed by atoms with Gasteiger partial charge in [-0.2, -0.15) is 0 Å². The van der Waals surface area contributed by atoms with Crippen molar-refractivity contribution in [3.05, 3.63) is 35.9 Å². The molecule has 1 aliphatic heterocycles. The average Bonchev–Trinajstić information content (AvgIpc) is 2.61. The van der Waals surface area contributed by atoms with E-state index in [4.69, 9.17) is 10.5 Å². The van der Waals surface area contributed by atoms with Crippen LogP contribution < -0.4 is 11.1 Å². The van der Waals surface area contributed by atoms with Crippen LogP contribution >= 0.6 is 0 Å². The summed E-state index contributed by atoms with van der Waals surface area (Å²) in [5.74, 6) is 0.810. The molecular formula is C18H28N4O2. The second-order valence-electron chi connectivity index (χ2n) is 6.14. The Morgan fingerprint density at radius 2 is 2.04 bits per heavy atom. The molecule has 0 radical (unpaired) electrons. The quantitative estimate of drug-likeness (QED) is 0.640. The average molecular weight is 332 g/mol. The lowest BCUT2D eigenvalue weighted by atomic mass is 10.0. The van der Waals surface area contributed by atoms with Crippen molar-refractivity contribution >= 4 is 12.1 Å². The second kappa shape index (κ2) is 9.15. The predicted molar refractivity (Wildman–Crippen MR) is 96.1 cm³/mol. The van der Waals surface area contributed by atoms with Gasteiger partial charge in [0.15, 0.2) is 5.96 Å². The summed E-state index contributed by atoms with van der Waals surface area (Å²) in [5.41, 5.74) is 7.27. The highest BCUT2D eigenvalue weighted by atomic mass is 16.6. The summed E-state index contributed by atoms with van der Waals surface area (Å²) in [4.78, 5) is 17.9. The van der Waals surface area contributed by atoms with E-state index < -0.39 is 0 Å². The van der Waals surface area contributed by atoms with E-state index in [2.05, 4.69) is 29.4 Å². The van der Waals surface area contributed by atoms with Gasteiger partial charge in [-0.1, -0.05) is 37.3 Å². The molecule has 132 valence electrons. The fourth-order valence-electron chi connectivity index (χ4n) is 2.80. The van der Waals surface area contributed by atoms with Crippen molar-refractivity contribution in [1.82, 2.24) is 10.2 Å². The molecule has 24 heavy (non-hydrogen) atoms. The van der Waals surface area contributed by atoms with Gasteiger partial charge in [-0.3, -0.25) is 4.99 Å². The molecule has 1 heterocycles. The number of hydrogen-bond donors (Lipinski definition) is 2. The number of carbonyl (C=O) groups excluding carboxylic acids is 1. The Morgan fingerprint density at radius 1 is 1.38 bits per heavy atom. The van der Waals surface area contributed by atoms with Gasteiger partial charge < -0.3 is 20.7 Å². The third-order valence-corrected chi connectivity index (χ3v) is 4.28. The van der Waals surface area contributed by atoms with Gasteiger partial charge in [0.1, 0.15) is 0 Å². The van der Waals surface area contributed by atoms with Crippen LogP contribution in [0.15, 0.2) is 35.3 Å². The standard InChI is InChI=1S/C18H28N4O2/c1-3-24-18(23)22-11-9-16(10-12-22)21-17(19)20-13-14(2)15-7-5-4-6-8-15/h4-8,14,16H,3,9-13H2,1-2H3,(H3,19,20,21)/t14-/m0/s1. The van der Waals surface area contributed by atoms with E-state index >= 15 is 0 Å². The Hall–Kier alpha value is -2.24. The maximum atomic E-state index is 11.7. The first-order valence-electron chi connectivity index (χ1n) is 8.63. The maximum Gasteiger partial charge on any atom is 0.409 e. The Bertz CT molecular complexity index is 539. The molecule has 0 aliphatic carbocycles. The minimum absolute atomic E-state index is 0.228. The number of guanidine groups is 1. The monoisotopic (exact) mass is 332 g/mol. The lowest BCUT2D eigenvalue weighted by Gasteiger charge is -2.31.